The highest BCUT2D eigenvalue weighted by atomic mass is 32.2. The molecule has 0 aromatic carbocycles. The predicted octanol–water partition coefficient (Wildman–Crippen LogP) is -0.875. The number of hydrogen-bond acceptors (Lipinski definition) is 5. The monoisotopic (exact) mass is 258 g/mol. The molecule has 2 heterocycles. The summed E-state index contributed by atoms with van der Waals surface area (Å²) in [4.78, 5) is 11.6. The smallest absolute Gasteiger partial charge is 0.226 e. The Kier molecular flexibility index (Phi) is 3.43. The Morgan fingerprint density at radius 1 is 1.59 bits per heavy atom. The van der Waals surface area contributed by atoms with Crippen LogP contribution in [0.1, 0.15) is 6.42 Å². The van der Waals surface area contributed by atoms with Gasteiger partial charge >= 0.3 is 0 Å². The molecule has 0 aliphatic carbocycles. The van der Waals surface area contributed by atoms with Gasteiger partial charge in [-0.05, 0) is 0 Å². The Labute approximate surface area is 98.9 Å². The van der Waals surface area contributed by atoms with Gasteiger partial charge in [0, 0.05) is 25.2 Å². The lowest BCUT2D eigenvalue weighted by Crippen LogP contribution is -2.46. The molecule has 0 radical (unpaired) electrons. The Bertz CT molecular complexity index is 482. The molecule has 1 fully saturated rings. The zero-order valence-corrected chi connectivity index (χ0v) is 9.96. The van der Waals surface area contributed by atoms with Crippen molar-refractivity contribution >= 4 is 21.4 Å². The lowest BCUT2D eigenvalue weighted by atomic mass is 10.2. The van der Waals surface area contributed by atoms with E-state index in [9.17, 15) is 13.2 Å². The van der Waals surface area contributed by atoms with Crippen LogP contribution in [0.3, 0.4) is 0 Å². The summed E-state index contributed by atoms with van der Waals surface area (Å²) in [5, 5.41) is 11.9. The van der Waals surface area contributed by atoms with E-state index in [2.05, 4.69) is 20.8 Å². The van der Waals surface area contributed by atoms with E-state index in [1.165, 1.54) is 6.20 Å². The van der Waals surface area contributed by atoms with E-state index in [1.807, 2.05) is 0 Å². The fourth-order valence-corrected chi connectivity index (χ4v) is 3.20. The van der Waals surface area contributed by atoms with Gasteiger partial charge in [-0.1, -0.05) is 0 Å². The molecule has 1 aromatic rings. The number of carbonyl (C=O) groups is 1. The molecule has 1 aliphatic heterocycles. The average Bonchev–Trinajstić information content (AvgIpc) is 2.68. The van der Waals surface area contributed by atoms with Crippen molar-refractivity contribution in [3.8, 4) is 0 Å². The van der Waals surface area contributed by atoms with E-state index in [0.717, 1.165) is 0 Å². The average molecular weight is 258 g/mol. The quantitative estimate of drug-likeness (QED) is 0.653. The van der Waals surface area contributed by atoms with E-state index in [4.69, 9.17) is 0 Å². The molecule has 7 nitrogen and oxygen atoms in total. The van der Waals surface area contributed by atoms with Gasteiger partial charge < -0.3 is 10.6 Å². The van der Waals surface area contributed by atoms with Crippen molar-refractivity contribution in [2.45, 2.75) is 12.5 Å². The van der Waals surface area contributed by atoms with Crippen LogP contribution >= 0.6 is 0 Å². The molecule has 1 unspecified atom stereocenters. The first kappa shape index (κ1) is 12.1. The second-order valence-corrected chi connectivity index (χ2v) is 6.23. The molecule has 0 bridgehead atoms. The maximum atomic E-state index is 11.6. The minimum atomic E-state index is -3.00. The van der Waals surface area contributed by atoms with Crippen LogP contribution in [-0.4, -0.2) is 48.6 Å². The van der Waals surface area contributed by atoms with Crippen molar-refractivity contribution in [3.63, 3.8) is 0 Å². The minimum Gasteiger partial charge on any atom is -0.323 e. The van der Waals surface area contributed by atoms with Gasteiger partial charge in [0.1, 0.15) is 0 Å². The zero-order valence-electron chi connectivity index (χ0n) is 9.14. The second-order valence-electron chi connectivity index (χ2n) is 4.00. The van der Waals surface area contributed by atoms with E-state index in [-0.39, 0.29) is 29.9 Å². The number of nitrogens with zero attached hydrogens (tertiary/aromatic N) is 1. The molecule has 1 atom stereocenters. The summed E-state index contributed by atoms with van der Waals surface area (Å²) in [6, 6.07) is -0.305. The van der Waals surface area contributed by atoms with E-state index >= 15 is 0 Å². The molecular formula is C9H14N4O3S. The molecule has 3 N–H and O–H groups in total. The van der Waals surface area contributed by atoms with E-state index < -0.39 is 9.84 Å². The predicted molar refractivity (Wildman–Crippen MR) is 62.3 cm³/mol. The molecule has 17 heavy (non-hydrogen) atoms. The zero-order chi connectivity index (χ0) is 12.3. The molecule has 1 aliphatic rings. The van der Waals surface area contributed by atoms with Gasteiger partial charge in [0.05, 0.1) is 23.4 Å². The number of sulfone groups is 1. The number of aromatic amines is 1. The number of nitrogens with one attached hydrogen (secondary N) is 3. The van der Waals surface area contributed by atoms with Gasteiger partial charge in [-0.15, -0.1) is 0 Å². The van der Waals surface area contributed by atoms with E-state index in [0.29, 0.717) is 12.2 Å². The van der Waals surface area contributed by atoms with Crippen LogP contribution in [0.4, 0.5) is 5.69 Å². The standard InChI is InChI=1S/C9H14N4O3S/c14-9(13-8-4-11-12-5-8)3-7-6-17(15,16)2-1-10-7/h4-5,7,10H,1-3,6H2,(H,11,12)(H,13,14). The summed E-state index contributed by atoms with van der Waals surface area (Å²) >= 11 is 0. The van der Waals surface area contributed by atoms with Crippen LogP contribution in [-0.2, 0) is 14.6 Å². The molecular weight excluding hydrogens is 244 g/mol. The third-order valence-electron chi connectivity index (χ3n) is 2.51. The summed E-state index contributed by atoms with van der Waals surface area (Å²) in [5.74, 6) is -0.0560. The first-order valence-electron chi connectivity index (χ1n) is 5.27. The van der Waals surface area contributed by atoms with Crippen molar-refractivity contribution in [1.82, 2.24) is 15.5 Å². The number of H-pyrrole nitrogens is 1. The van der Waals surface area contributed by atoms with Gasteiger partial charge in [0.25, 0.3) is 0 Å². The lowest BCUT2D eigenvalue weighted by Gasteiger charge is -2.22. The van der Waals surface area contributed by atoms with Gasteiger partial charge in [-0.2, -0.15) is 5.10 Å². The molecule has 8 heteroatoms. The van der Waals surface area contributed by atoms with Crippen molar-refractivity contribution in [2.75, 3.05) is 23.4 Å². The summed E-state index contributed by atoms with van der Waals surface area (Å²) < 4.78 is 22.7. The molecule has 1 aromatic heterocycles. The number of rotatable bonds is 3. The third kappa shape index (κ3) is 3.53. The van der Waals surface area contributed by atoms with Gasteiger partial charge in [0.15, 0.2) is 9.84 Å². The summed E-state index contributed by atoms with van der Waals surface area (Å²) in [7, 11) is -3.00. The maximum absolute atomic E-state index is 11.6. The van der Waals surface area contributed by atoms with E-state index in [1.54, 1.807) is 6.20 Å². The molecule has 94 valence electrons. The Balaban J connectivity index is 1.86. The van der Waals surface area contributed by atoms with Crippen LogP contribution in [0.15, 0.2) is 12.4 Å². The summed E-state index contributed by atoms with van der Waals surface area (Å²) in [6.45, 7) is 0.409. The van der Waals surface area contributed by atoms with Crippen LogP contribution in [0.5, 0.6) is 0 Å². The maximum Gasteiger partial charge on any atom is 0.226 e. The summed E-state index contributed by atoms with van der Waals surface area (Å²) in [6.07, 6.45) is 3.19. The third-order valence-corrected chi connectivity index (χ3v) is 4.25. The van der Waals surface area contributed by atoms with Crippen LogP contribution < -0.4 is 10.6 Å². The van der Waals surface area contributed by atoms with Crippen LogP contribution in [0.2, 0.25) is 0 Å². The first-order chi connectivity index (χ1) is 8.05. The topological polar surface area (TPSA) is 104 Å². The Morgan fingerprint density at radius 3 is 3.06 bits per heavy atom. The number of anilines is 1. The minimum absolute atomic E-state index is 0.0196. The SMILES string of the molecule is O=C(CC1CS(=O)(=O)CCN1)Nc1cn[nH]c1. The number of amides is 1. The highest BCUT2D eigenvalue weighted by Gasteiger charge is 2.25. The molecule has 0 spiro atoms. The second kappa shape index (κ2) is 4.84. The lowest BCUT2D eigenvalue weighted by molar-refractivity contribution is -0.116. The highest BCUT2D eigenvalue weighted by Crippen LogP contribution is 2.07. The van der Waals surface area contributed by atoms with Gasteiger partial charge in [-0.25, -0.2) is 8.42 Å². The van der Waals surface area contributed by atoms with Crippen LogP contribution in [0.25, 0.3) is 0 Å². The van der Waals surface area contributed by atoms with Gasteiger partial charge in [-0.3, -0.25) is 9.89 Å². The molecule has 1 amide bonds. The number of aromatic nitrogens is 2. The fourth-order valence-electron chi connectivity index (χ4n) is 1.75. The van der Waals surface area contributed by atoms with Crippen molar-refractivity contribution < 1.29 is 13.2 Å². The van der Waals surface area contributed by atoms with Crippen LogP contribution in [0, 0.1) is 0 Å². The molecule has 0 saturated carbocycles. The highest BCUT2D eigenvalue weighted by molar-refractivity contribution is 7.91. The Morgan fingerprint density at radius 2 is 2.41 bits per heavy atom. The number of hydrogen-bond donors (Lipinski definition) is 3. The molecule has 2 rings (SSSR count). The van der Waals surface area contributed by atoms with Crippen molar-refractivity contribution in [1.29, 1.82) is 0 Å². The van der Waals surface area contributed by atoms with Gasteiger partial charge in [0.2, 0.25) is 5.91 Å². The van der Waals surface area contributed by atoms with Crippen molar-refractivity contribution in [2.24, 2.45) is 0 Å². The fraction of sp³-hybridized carbons (Fsp3) is 0.556. The summed E-state index contributed by atoms with van der Waals surface area (Å²) in [5.41, 5.74) is 0.577. The molecule has 1 saturated heterocycles. The normalized spacial score (nSPS) is 23.2. The van der Waals surface area contributed by atoms with Crippen molar-refractivity contribution in [3.05, 3.63) is 12.4 Å². The number of carbonyl (C=O) groups excluding carboxylic acids is 1. The first-order valence-corrected chi connectivity index (χ1v) is 7.10. The largest absolute Gasteiger partial charge is 0.323 e. The Hall–Kier alpha value is -1.41.